The Hall–Kier alpha value is -3.08. The van der Waals surface area contributed by atoms with Crippen LogP contribution in [0.15, 0.2) is 65.2 Å². The third-order valence-corrected chi connectivity index (χ3v) is 3.59. The highest BCUT2D eigenvalue weighted by Crippen LogP contribution is 2.20. The number of esters is 1. The minimum atomic E-state index is -0.337. The Bertz CT molecular complexity index is 809. The number of benzene rings is 2. The Morgan fingerprint density at radius 1 is 1.08 bits per heavy atom. The number of rotatable bonds is 7. The smallest absolute Gasteiger partial charge is 0.309 e. The topological polar surface area (TPSA) is 61.6 Å². The zero-order valence-corrected chi connectivity index (χ0v) is 14.0. The third-order valence-electron chi connectivity index (χ3n) is 3.59. The lowest BCUT2D eigenvalue weighted by atomic mass is 10.2. The van der Waals surface area contributed by atoms with Crippen LogP contribution in [0.5, 0.6) is 5.75 Å². The van der Waals surface area contributed by atoms with E-state index in [-0.39, 0.29) is 25.6 Å². The van der Waals surface area contributed by atoms with E-state index in [2.05, 4.69) is 5.16 Å². The molecule has 0 N–H and O–H groups in total. The highest BCUT2D eigenvalue weighted by atomic mass is 16.5. The molecule has 0 bridgehead atoms. The van der Waals surface area contributed by atoms with Gasteiger partial charge in [0.25, 0.3) is 0 Å². The molecule has 0 fully saturated rings. The van der Waals surface area contributed by atoms with Crippen molar-refractivity contribution in [3.8, 4) is 17.1 Å². The summed E-state index contributed by atoms with van der Waals surface area (Å²) in [5.74, 6) is 1.05. The zero-order chi connectivity index (χ0) is 17.5. The first-order chi connectivity index (χ1) is 12.2. The fourth-order valence-corrected chi connectivity index (χ4v) is 2.23. The second-order valence-electron chi connectivity index (χ2n) is 5.62. The molecule has 128 valence electrons. The van der Waals surface area contributed by atoms with Crippen molar-refractivity contribution in [3.63, 3.8) is 0 Å². The maximum absolute atomic E-state index is 11.8. The van der Waals surface area contributed by atoms with Crippen LogP contribution in [0, 0.1) is 6.92 Å². The van der Waals surface area contributed by atoms with Gasteiger partial charge < -0.3 is 14.0 Å². The number of aryl methyl sites for hydroxylation is 1. The molecule has 2 aromatic carbocycles. The molecular formula is C20H19NO4. The summed E-state index contributed by atoms with van der Waals surface area (Å²) in [6.45, 7) is 2.37. The van der Waals surface area contributed by atoms with Gasteiger partial charge in [-0.1, -0.05) is 53.2 Å². The van der Waals surface area contributed by atoms with Crippen LogP contribution < -0.4 is 4.74 Å². The highest BCUT2D eigenvalue weighted by Gasteiger charge is 2.09. The van der Waals surface area contributed by atoms with Gasteiger partial charge in [-0.05, 0) is 19.1 Å². The summed E-state index contributed by atoms with van der Waals surface area (Å²) >= 11 is 0. The number of aromatic nitrogens is 1. The average Bonchev–Trinajstić information content (AvgIpc) is 3.11. The standard InChI is InChI=1S/C20H19NO4/c1-15-7-9-18(10-8-15)23-12-11-20(22)24-14-17-13-19(25-21-17)16-5-3-2-4-6-16/h2-10,13H,11-12,14H2,1H3. The number of ether oxygens (including phenoxy) is 2. The Kier molecular flexibility index (Phi) is 5.46. The first-order valence-electron chi connectivity index (χ1n) is 8.07. The maximum atomic E-state index is 11.8. The molecule has 3 aromatic rings. The van der Waals surface area contributed by atoms with Crippen molar-refractivity contribution >= 4 is 5.97 Å². The molecule has 0 spiro atoms. The van der Waals surface area contributed by atoms with Gasteiger partial charge in [0.15, 0.2) is 5.76 Å². The molecule has 0 amide bonds. The van der Waals surface area contributed by atoms with E-state index in [0.29, 0.717) is 11.5 Å². The van der Waals surface area contributed by atoms with Gasteiger partial charge in [0.05, 0.1) is 13.0 Å². The van der Waals surface area contributed by atoms with Crippen molar-refractivity contribution in [3.05, 3.63) is 71.9 Å². The van der Waals surface area contributed by atoms with Crippen molar-refractivity contribution in [2.45, 2.75) is 20.0 Å². The van der Waals surface area contributed by atoms with E-state index < -0.39 is 0 Å². The van der Waals surface area contributed by atoms with Gasteiger partial charge >= 0.3 is 5.97 Å². The van der Waals surface area contributed by atoms with Gasteiger partial charge in [-0.25, -0.2) is 0 Å². The molecule has 5 nitrogen and oxygen atoms in total. The summed E-state index contributed by atoms with van der Waals surface area (Å²) in [5.41, 5.74) is 2.67. The lowest BCUT2D eigenvalue weighted by molar-refractivity contribution is -0.145. The Morgan fingerprint density at radius 3 is 2.60 bits per heavy atom. The summed E-state index contributed by atoms with van der Waals surface area (Å²) in [4.78, 5) is 11.8. The number of carbonyl (C=O) groups excluding carboxylic acids is 1. The quantitative estimate of drug-likeness (QED) is 0.606. The second kappa shape index (κ2) is 8.15. The molecule has 0 unspecified atom stereocenters. The summed E-state index contributed by atoms with van der Waals surface area (Å²) in [7, 11) is 0. The van der Waals surface area contributed by atoms with Gasteiger partial charge in [0, 0.05) is 11.6 Å². The molecule has 0 atom stereocenters. The first kappa shape index (κ1) is 16.8. The minimum absolute atomic E-state index is 0.0830. The predicted molar refractivity (Wildman–Crippen MR) is 93.0 cm³/mol. The molecule has 1 heterocycles. The molecule has 25 heavy (non-hydrogen) atoms. The van der Waals surface area contributed by atoms with Gasteiger partial charge in [-0.2, -0.15) is 0 Å². The van der Waals surface area contributed by atoms with Gasteiger partial charge in [0.1, 0.15) is 18.1 Å². The van der Waals surface area contributed by atoms with E-state index in [1.54, 1.807) is 6.07 Å². The lowest BCUT2D eigenvalue weighted by Crippen LogP contribution is -2.10. The monoisotopic (exact) mass is 337 g/mol. The molecular weight excluding hydrogens is 318 g/mol. The van der Waals surface area contributed by atoms with Crippen LogP contribution in [0.4, 0.5) is 0 Å². The number of carbonyl (C=O) groups is 1. The number of hydrogen-bond acceptors (Lipinski definition) is 5. The number of hydrogen-bond donors (Lipinski definition) is 0. The molecule has 5 heteroatoms. The van der Waals surface area contributed by atoms with Crippen LogP contribution in [0.1, 0.15) is 17.7 Å². The second-order valence-corrected chi connectivity index (χ2v) is 5.62. The molecule has 0 aliphatic rings. The molecule has 3 rings (SSSR count). The van der Waals surface area contributed by atoms with Crippen LogP contribution >= 0.6 is 0 Å². The molecule has 0 aliphatic heterocycles. The van der Waals surface area contributed by atoms with E-state index in [1.807, 2.05) is 61.5 Å². The molecule has 0 saturated carbocycles. The fourth-order valence-electron chi connectivity index (χ4n) is 2.23. The van der Waals surface area contributed by atoms with Crippen molar-refractivity contribution in [2.75, 3.05) is 6.61 Å². The lowest BCUT2D eigenvalue weighted by Gasteiger charge is -2.06. The zero-order valence-electron chi connectivity index (χ0n) is 14.0. The highest BCUT2D eigenvalue weighted by molar-refractivity contribution is 5.69. The SMILES string of the molecule is Cc1ccc(OCCC(=O)OCc2cc(-c3ccccc3)on2)cc1. The van der Waals surface area contributed by atoms with Crippen molar-refractivity contribution < 1.29 is 18.8 Å². The summed E-state index contributed by atoms with van der Waals surface area (Å²) < 4.78 is 16.0. The van der Waals surface area contributed by atoms with Gasteiger partial charge in [0.2, 0.25) is 0 Å². The van der Waals surface area contributed by atoms with E-state index in [9.17, 15) is 4.79 Å². The van der Waals surface area contributed by atoms with Gasteiger partial charge in [-0.15, -0.1) is 0 Å². The van der Waals surface area contributed by atoms with E-state index in [0.717, 1.165) is 16.9 Å². The van der Waals surface area contributed by atoms with E-state index in [1.165, 1.54) is 0 Å². The van der Waals surface area contributed by atoms with Crippen molar-refractivity contribution in [2.24, 2.45) is 0 Å². The van der Waals surface area contributed by atoms with Crippen molar-refractivity contribution in [1.82, 2.24) is 5.16 Å². The minimum Gasteiger partial charge on any atom is -0.493 e. The maximum Gasteiger partial charge on any atom is 0.309 e. The summed E-state index contributed by atoms with van der Waals surface area (Å²) in [5, 5.41) is 3.92. The van der Waals surface area contributed by atoms with Crippen LogP contribution in [-0.2, 0) is 16.1 Å². The Morgan fingerprint density at radius 2 is 1.84 bits per heavy atom. The summed E-state index contributed by atoms with van der Waals surface area (Å²) in [6, 6.07) is 19.1. The van der Waals surface area contributed by atoms with E-state index >= 15 is 0 Å². The fraction of sp³-hybridized carbons (Fsp3) is 0.200. The third kappa shape index (κ3) is 4.94. The van der Waals surface area contributed by atoms with Crippen LogP contribution in [0.3, 0.4) is 0 Å². The molecule has 0 radical (unpaired) electrons. The summed E-state index contributed by atoms with van der Waals surface area (Å²) in [6.07, 6.45) is 0.178. The molecule has 0 saturated heterocycles. The molecule has 0 aliphatic carbocycles. The van der Waals surface area contributed by atoms with Crippen LogP contribution in [0.25, 0.3) is 11.3 Å². The molecule has 1 aromatic heterocycles. The van der Waals surface area contributed by atoms with Crippen molar-refractivity contribution in [1.29, 1.82) is 0 Å². The Labute approximate surface area is 146 Å². The number of nitrogens with zero attached hydrogens (tertiary/aromatic N) is 1. The van der Waals surface area contributed by atoms with Crippen LogP contribution in [-0.4, -0.2) is 17.7 Å². The predicted octanol–water partition coefficient (Wildman–Crippen LogP) is 4.16. The van der Waals surface area contributed by atoms with Gasteiger partial charge in [-0.3, -0.25) is 4.79 Å². The normalized spacial score (nSPS) is 10.4. The van der Waals surface area contributed by atoms with E-state index in [4.69, 9.17) is 14.0 Å². The average molecular weight is 337 g/mol. The largest absolute Gasteiger partial charge is 0.493 e. The Balaban J connectivity index is 1.42. The first-order valence-corrected chi connectivity index (χ1v) is 8.07. The van der Waals surface area contributed by atoms with Crippen LogP contribution in [0.2, 0.25) is 0 Å².